The largest absolute Gasteiger partial charge is 0.339 e. The third kappa shape index (κ3) is 2.05. The van der Waals surface area contributed by atoms with Crippen LogP contribution in [-0.4, -0.2) is 47.9 Å². The van der Waals surface area contributed by atoms with Crippen molar-refractivity contribution in [2.75, 3.05) is 26.2 Å². The molecular formula is C17H22N2O. The first kappa shape index (κ1) is 12.4. The Labute approximate surface area is 120 Å². The monoisotopic (exact) mass is 270 g/mol. The zero-order valence-corrected chi connectivity index (χ0v) is 11.9. The second-order valence-corrected chi connectivity index (χ2v) is 6.51. The molecule has 1 saturated heterocycles. The second kappa shape index (κ2) is 4.59. The van der Waals surface area contributed by atoms with Gasteiger partial charge in [0, 0.05) is 32.2 Å². The molecule has 1 aromatic carbocycles. The van der Waals surface area contributed by atoms with Gasteiger partial charge in [-0.3, -0.25) is 9.69 Å². The van der Waals surface area contributed by atoms with Crippen LogP contribution in [0.15, 0.2) is 30.3 Å². The molecule has 1 aliphatic heterocycles. The molecule has 3 heteroatoms. The molecule has 0 N–H and O–H groups in total. The molecule has 1 aromatic rings. The van der Waals surface area contributed by atoms with Gasteiger partial charge in [-0.2, -0.15) is 0 Å². The molecule has 0 atom stereocenters. The lowest BCUT2D eigenvalue weighted by Crippen LogP contribution is -2.52. The summed E-state index contributed by atoms with van der Waals surface area (Å²) in [5, 5.41) is 0. The van der Waals surface area contributed by atoms with Gasteiger partial charge in [0.15, 0.2) is 0 Å². The first-order valence-corrected chi connectivity index (χ1v) is 7.89. The molecule has 0 bridgehead atoms. The van der Waals surface area contributed by atoms with Crippen LogP contribution in [0.5, 0.6) is 0 Å². The van der Waals surface area contributed by atoms with Crippen molar-refractivity contribution in [1.82, 2.24) is 9.80 Å². The van der Waals surface area contributed by atoms with Gasteiger partial charge >= 0.3 is 0 Å². The Balaban J connectivity index is 1.45. The van der Waals surface area contributed by atoms with Crippen molar-refractivity contribution in [3.05, 3.63) is 35.9 Å². The van der Waals surface area contributed by atoms with Gasteiger partial charge in [-0.25, -0.2) is 0 Å². The maximum absolute atomic E-state index is 12.9. The Morgan fingerprint density at radius 2 is 1.65 bits per heavy atom. The third-order valence-electron chi connectivity index (χ3n) is 5.15. The lowest BCUT2D eigenvalue weighted by Gasteiger charge is -2.36. The van der Waals surface area contributed by atoms with Crippen LogP contribution in [0.4, 0.5) is 0 Å². The van der Waals surface area contributed by atoms with Gasteiger partial charge in [-0.15, -0.1) is 0 Å². The number of hydrogen-bond acceptors (Lipinski definition) is 2. The van der Waals surface area contributed by atoms with Crippen LogP contribution in [0.25, 0.3) is 0 Å². The van der Waals surface area contributed by atoms with Crippen molar-refractivity contribution < 1.29 is 4.79 Å². The van der Waals surface area contributed by atoms with E-state index in [-0.39, 0.29) is 5.41 Å². The van der Waals surface area contributed by atoms with Gasteiger partial charge in [0.25, 0.3) is 0 Å². The number of carbonyl (C=O) groups excluding carboxylic acids is 1. The van der Waals surface area contributed by atoms with Crippen LogP contribution in [0.1, 0.15) is 31.2 Å². The van der Waals surface area contributed by atoms with E-state index in [2.05, 4.69) is 21.9 Å². The molecule has 20 heavy (non-hydrogen) atoms. The first-order valence-electron chi connectivity index (χ1n) is 7.89. The number of piperazine rings is 1. The number of hydrogen-bond donors (Lipinski definition) is 0. The predicted molar refractivity (Wildman–Crippen MR) is 78.5 cm³/mol. The van der Waals surface area contributed by atoms with Gasteiger partial charge in [0.2, 0.25) is 5.91 Å². The SMILES string of the molecule is O=C(N1CCN(C2CC2)CC1)C1(c2ccccc2)CC1. The highest BCUT2D eigenvalue weighted by atomic mass is 16.2. The van der Waals surface area contributed by atoms with E-state index in [1.54, 1.807) is 0 Å². The van der Waals surface area contributed by atoms with Crippen molar-refractivity contribution in [1.29, 1.82) is 0 Å². The summed E-state index contributed by atoms with van der Waals surface area (Å²) in [7, 11) is 0. The normalized spacial score (nSPS) is 25.5. The third-order valence-corrected chi connectivity index (χ3v) is 5.15. The summed E-state index contributed by atoms with van der Waals surface area (Å²) in [6, 6.07) is 11.2. The van der Waals surface area contributed by atoms with E-state index >= 15 is 0 Å². The van der Waals surface area contributed by atoms with E-state index in [4.69, 9.17) is 0 Å². The highest BCUT2D eigenvalue weighted by Gasteiger charge is 2.53. The summed E-state index contributed by atoms with van der Waals surface area (Å²) in [6.45, 7) is 3.98. The number of benzene rings is 1. The minimum atomic E-state index is -0.178. The quantitative estimate of drug-likeness (QED) is 0.839. The Morgan fingerprint density at radius 1 is 1.00 bits per heavy atom. The van der Waals surface area contributed by atoms with Crippen molar-refractivity contribution in [2.45, 2.75) is 37.1 Å². The molecule has 1 heterocycles. The summed E-state index contributed by atoms with van der Waals surface area (Å²) in [5.41, 5.74) is 1.04. The highest BCUT2D eigenvalue weighted by molar-refractivity contribution is 5.91. The Kier molecular flexibility index (Phi) is 2.84. The fourth-order valence-corrected chi connectivity index (χ4v) is 3.54. The number of carbonyl (C=O) groups is 1. The van der Waals surface area contributed by atoms with Crippen LogP contribution < -0.4 is 0 Å². The topological polar surface area (TPSA) is 23.6 Å². The molecule has 0 spiro atoms. The summed E-state index contributed by atoms with van der Waals surface area (Å²) >= 11 is 0. The van der Waals surface area contributed by atoms with E-state index in [1.165, 1.54) is 18.4 Å². The smallest absolute Gasteiger partial charge is 0.233 e. The van der Waals surface area contributed by atoms with Gasteiger partial charge in [-0.1, -0.05) is 30.3 Å². The van der Waals surface area contributed by atoms with E-state index in [1.807, 2.05) is 18.2 Å². The lowest BCUT2D eigenvalue weighted by molar-refractivity contribution is -0.135. The zero-order chi connectivity index (χ0) is 13.6. The molecule has 1 amide bonds. The number of rotatable bonds is 3. The van der Waals surface area contributed by atoms with Crippen LogP contribution in [-0.2, 0) is 10.2 Å². The van der Waals surface area contributed by atoms with Crippen molar-refractivity contribution in [3.63, 3.8) is 0 Å². The van der Waals surface area contributed by atoms with Gasteiger partial charge in [-0.05, 0) is 31.2 Å². The molecule has 0 aromatic heterocycles. The Morgan fingerprint density at radius 3 is 2.20 bits per heavy atom. The minimum absolute atomic E-state index is 0.178. The average Bonchev–Trinajstić information content (AvgIpc) is 3.41. The van der Waals surface area contributed by atoms with Crippen LogP contribution in [0, 0.1) is 0 Å². The first-order chi connectivity index (χ1) is 9.79. The van der Waals surface area contributed by atoms with Gasteiger partial charge in [0.05, 0.1) is 5.41 Å². The maximum Gasteiger partial charge on any atom is 0.233 e. The fourth-order valence-electron chi connectivity index (χ4n) is 3.54. The van der Waals surface area contributed by atoms with E-state index in [0.29, 0.717) is 5.91 Å². The van der Waals surface area contributed by atoms with Crippen molar-refractivity contribution in [3.8, 4) is 0 Å². The van der Waals surface area contributed by atoms with E-state index < -0.39 is 0 Å². The van der Waals surface area contributed by atoms with Gasteiger partial charge < -0.3 is 4.90 Å². The van der Waals surface area contributed by atoms with E-state index in [0.717, 1.165) is 45.1 Å². The molecule has 0 radical (unpaired) electrons. The lowest BCUT2D eigenvalue weighted by atomic mass is 9.94. The molecule has 2 aliphatic carbocycles. The molecule has 3 fully saturated rings. The molecule has 2 saturated carbocycles. The van der Waals surface area contributed by atoms with Crippen LogP contribution in [0.3, 0.4) is 0 Å². The zero-order valence-electron chi connectivity index (χ0n) is 11.9. The molecule has 106 valence electrons. The van der Waals surface area contributed by atoms with E-state index in [9.17, 15) is 4.79 Å². The number of amides is 1. The van der Waals surface area contributed by atoms with Crippen molar-refractivity contribution in [2.24, 2.45) is 0 Å². The van der Waals surface area contributed by atoms with Gasteiger partial charge in [0.1, 0.15) is 0 Å². The fraction of sp³-hybridized carbons (Fsp3) is 0.588. The molecule has 0 unspecified atom stereocenters. The molecule has 4 rings (SSSR count). The number of nitrogens with zero attached hydrogens (tertiary/aromatic N) is 2. The standard InChI is InChI=1S/C17H22N2O/c20-16(17(8-9-17)14-4-2-1-3-5-14)19-12-10-18(11-13-19)15-6-7-15/h1-5,15H,6-13H2. The summed E-state index contributed by atoms with van der Waals surface area (Å²) < 4.78 is 0. The predicted octanol–water partition coefficient (Wildman–Crippen LogP) is 2.02. The summed E-state index contributed by atoms with van der Waals surface area (Å²) in [5.74, 6) is 0.374. The highest BCUT2D eigenvalue weighted by Crippen LogP contribution is 2.49. The summed E-state index contributed by atoms with van der Waals surface area (Å²) in [4.78, 5) is 17.6. The maximum atomic E-state index is 12.9. The second-order valence-electron chi connectivity index (χ2n) is 6.51. The molecule has 3 aliphatic rings. The average molecular weight is 270 g/mol. The van der Waals surface area contributed by atoms with Crippen LogP contribution in [0.2, 0.25) is 0 Å². The summed E-state index contributed by atoms with van der Waals surface area (Å²) in [6.07, 6.45) is 4.78. The minimum Gasteiger partial charge on any atom is -0.339 e. The van der Waals surface area contributed by atoms with Crippen molar-refractivity contribution >= 4 is 5.91 Å². The van der Waals surface area contributed by atoms with Crippen LogP contribution >= 0.6 is 0 Å². The molecular weight excluding hydrogens is 248 g/mol. The Hall–Kier alpha value is -1.35. The Bertz CT molecular complexity index is 497. The molecule has 3 nitrogen and oxygen atoms in total.